The summed E-state index contributed by atoms with van der Waals surface area (Å²) in [5.74, 6) is -3.78. The van der Waals surface area contributed by atoms with E-state index in [2.05, 4.69) is 59.3 Å². The minimum atomic E-state index is -0.651. The van der Waals surface area contributed by atoms with Crippen molar-refractivity contribution in [2.24, 2.45) is 10.3 Å². The first-order chi connectivity index (χ1) is 63.2. The molecule has 0 aliphatic rings. The Bertz CT molecular complexity index is 6260. The maximum absolute atomic E-state index is 15.3. The van der Waals surface area contributed by atoms with Crippen LogP contribution in [0.3, 0.4) is 0 Å². The number of aldehydes is 2. The molecular formula is C102H109BrF4N10O16. The Labute approximate surface area is 778 Å². The fraction of sp³-hybridized carbons (Fsp3) is 0.294. The standard InChI is InChI=1S/C26H30FN3O4.C26H28FN3O4.C26H27FN2O4.C24H24BrFN2O4/c2*1-6-22-23(15-28-32)30(25(29-22)33-7-2)16-18-13-12-17(14-21(18)27)19-10-8-9-11-20(19)24(31)34-26(3,4)5;1-6-22-23(16-30)29(25(28-22)32-7-2)15-18-13-12-17(14-21(18)27)19-10-8-9-11-20(19)24(31)33-26(3,4)5;1-5-31-23-27-21(25)20(14-29)28(23)13-16-11-10-15(12-19(16)26)17-8-6-7-9-18(17)22(30)32-24(2,3)4/h8-15,32H,6-7,16H2,1-5H3;6,8-15,32H,1,7,16H2,2-5H3;6,8-14,16H,1,7,15H2,2-5H3;6-12,14H,5,13H2,1-4H3/b2*28-15-;;. The van der Waals surface area contributed by atoms with E-state index in [1.165, 1.54) is 58.0 Å². The highest BCUT2D eigenvalue weighted by Gasteiger charge is 2.30. The van der Waals surface area contributed by atoms with Crippen molar-refractivity contribution in [1.82, 2.24) is 38.2 Å². The summed E-state index contributed by atoms with van der Waals surface area (Å²) in [6, 6.07) is 47.8. The Morgan fingerprint density at radius 1 is 0.376 bits per heavy atom. The highest BCUT2D eigenvalue weighted by molar-refractivity contribution is 9.10. The molecule has 12 aromatic rings. The third-order valence-corrected chi connectivity index (χ3v) is 19.9. The highest BCUT2D eigenvalue weighted by atomic mass is 79.9. The predicted molar refractivity (Wildman–Crippen MR) is 505 cm³/mol. The predicted octanol–water partition coefficient (Wildman–Crippen LogP) is 22.2. The van der Waals surface area contributed by atoms with Gasteiger partial charge in [0.25, 0.3) is 24.0 Å². The smallest absolute Gasteiger partial charge is 0.339 e. The number of rotatable bonds is 31. The van der Waals surface area contributed by atoms with Gasteiger partial charge in [0.05, 0.1) is 116 Å². The van der Waals surface area contributed by atoms with Gasteiger partial charge in [-0.1, -0.05) is 152 Å². The topological polar surface area (TPSA) is 313 Å². The summed E-state index contributed by atoms with van der Waals surface area (Å²) in [6.07, 6.45) is 7.32. The van der Waals surface area contributed by atoms with Crippen molar-refractivity contribution in [3.05, 3.63) is 295 Å². The van der Waals surface area contributed by atoms with Crippen LogP contribution >= 0.6 is 15.9 Å². The SMILES string of the molecule is C=Cc1nc(OCC)n(Cc2ccc(-c3ccccc3C(=O)OC(C)(C)C)cc2F)c1/C=N\O.C=Cc1nc(OCC)n(Cc2ccc(-c3ccccc3C(=O)OC(C)(C)C)cc2F)c1C=O.CCOc1nc(Br)c(C=O)n1Cc1ccc(-c2ccccc2C(=O)OC(C)(C)C)cc1F.CCOc1nc(CC)c(/C=N\O)n1Cc1ccc(-c2ccccc2C(=O)OC(C)(C)C)cc1F. The zero-order valence-electron chi connectivity index (χ0n) is 77.4. The lowest BCUT2D eigenvalue weighted by Gasteiger charge is -2.20. The van der Waals surface area contributed by atoms with E-state index in [1.807, 2.05) is 20.8 Å². The van der Waals surface area contributed by atoms with E-state index in [-0.39, 0.29) is 55.6 Å². The Morgan fingerprint density at radius 2 is 0.632 bits per heavy atom. The quantitative estimate of drug-likeness (QED) is 0.00775. The van der Waals surface area contributed by atoms with Crippen LogP contribution in [0.15, 0.2) is 198 Å². The normalized spacial score (nSPS) is 11.4. The molecule has 0 unspecified atom stereocenters. The molecule has 0 saturated carbocycles. The van der Waals surface area contributed by atoms with Crippen molar-refractivity contribution in [2.75, 3.05) is 26.4 Å². The van der Waals surface area contributed by atoms with E-state index in [0.717, 1.165) is 0 Å². The summed E-state index contributed by atoms with van der Waals surface area (Å²) in [7, 11) is 0. The summed E-state index contributed by atoms with van der Waals surface area (Å²) >= 11 is 3.23. The summed E-state index contributed by atoms with van der Waals surface area (Å²) in [6.45, 7) is 39.8. The molecule has 0 saturated heterocycles. The van der Waals surface area contributed by atoms with E-state index >= 15 is 17.6 Å². The third-order valence-electron chi connectivity index (χ3n) is 19.3. The Kier molecular flexibility index (Phi) is 35.4. The largest absolute Gasteiger partial charge is 0.465 e. The van der Waals surface area contributed by atoms with E-state index in [1.54, 1.807) is 252 Å². The monoisotopic (exact) mass is 1880 g/mol. The fourth-order valence-electron chi connectivity index (χ4n) is 13.6. The fourth-order valence-corrected chi connectivity index (χ4v) is 14.1. The lowest BCUT2D eigenvalue weighted by molar-refractivity contribution is 0.00578. The molecule has 26 nitrogen and oxygen atoms in total. The van der Waals surface area contributed by atoms with Crippen LogP contribution in [0.4, 0.5) is 17.6 Å². The van der Waals surface area contributed by atoms with Gasteiger partial charge in [0.1, 0.15) is 61.7 Å². The van der Waals surface area contributed by atoms with Crippen LogP contribution in [0.2, 0.25) is 0 Å². The minimum absolute atomic E-state index is 0.0457. The summed E-state index contributed by atoms with van der Waals surface area (Å²) < 4.78 is 112. The Hall–Kier alpha value is -14.4. The molecule has 133 heavy (non-hydrogen) atoms. The van der Waals surface area contributed by atoms with Gasteiger partial charge in [-0.15, -0.1) is 0 Å². The number of carbonyl (C=O) groups is 6. The molecule has 8 aromatic carbocycles. The number of aryl methyl sites for hydroxylation is 1. The third kappa shape index (κ3) is 26.9. The molecule has 0 spiro atoms. The first-order valence-corrected chi connectivity index (χ1v) is 43.5. The van der Waals surface area contributed by atoms with Crippen LogP contribution < -0.4 is 18.9 Å². The molecule has 698 valence electrons. The van der Waals surface area contributed by atoms with Crippen LogP contribution in [0.1, 0.15) is 231 Å². The second-order valence-corrected chi connectivity index (χ2v) is 34.4. The Morgan fingerprint density at radius 3 is 0.895 bits per heavy atom. The molecule has 0 atom stereocenters. The van der Waals surface area contributed by atoms with Crippen LogP contribution in [-0.2, 0) is 51.5 Å². The number of oxime groups is 2. The maximum Gasteiger partial charge on any atom is 0.339 e. The van der Waals surface area contributed by atoms with Gasteiger partial charge in [0.15, 0.2) is 12.6 Å². The molecule has 2 N–H and O–H groups in total. The summed E-state index contributed by atoms with van der Waals surface area (Å²) in [5.41, 5.74) is 7.76. The molecule has 12 rings (SSSR count). The molecule has 31 heteroatoms. The van der Waals surface area contributed by atoms with Gasteiger partial charge >= 0.3 is 23.9 Å². The first kappa shape index (κ1) is 102. The average Bonchev–Trinajstić information content (AvgIpc) is 1.44. The number of halogens is 5. The lowest BCUT2D eigenvalue weighted by atomic mass is 9.98. The summed E-state index contributed by atoms with van der Waals surface area (Å²) in [4.78, 5) is 91.1. The van der Waals surface area contributed by atoms with Gasteiger partial charge in [-0.3, -0.25) is 27.9 Å². The maximum atomic E-state index is 15.3. The van der Waals surface area contributed by atoms with Crippen molar-refractivity contribution in [2.45, 2.75) is 173 Å². The van der Waals surface area contributed by atoms with Gasteiger partial charge in [-0.05, 0) is 238 Å². The van der Waals surface area contributed by atoms with E-state index in [4.69, 9.17) is 48.3 Å². The van der Waals surface area contributed by atoms with Gasteiger partial charge in [0, 0.05) is 22.3 Å². The molecule has 0 fully saturated rings. The van der Waals surface area contributed by atoms with E-state index in [0.29, 0.717) is 174 Å². The molecule has 4 heterocycles. The number of aromatic nitrogens is 8. The molecule has 0 amide bonds. The summed E-state index contributed by atoms with van der Waals surface area (Å²) in [5, 5.41) is 24.4. The number of esters is 4. The van der Waals surface area contributed by atoms with Crippen molar-refractivity contribution in [1.29, 1.82) is 0 Å². The average molecular weight is 1890 g/mol. The molecular weight excluding hydrogens is 1780 g/mol. The molecule has 0 aliphatic carbocycles. The van der Waals surface area contributed by atoms with Gasteiger partial charge in [-0.25, -0.2) is 36.7 Å². The van der Waals surface area contributed by atoms with Crippen molar-refractivity contribution < 1.29 is 94.6 Å². The van der Waals surface area contributed by atoms with Crippen molar-refractivity contribution in [3.63, 3.8) is 0 Å². The lowest BCUT2D eigenvalue weighted by Crippen LogP contribution is -2.24. The second kappa shape index (κ2) is 45.9. The van der Waals surface area contributed by atoms with E-state index in [9.17, 15) is 28.8 Å². The number of benzene rings is 8. The number of carbonyl (C=O) groups excluding carboxylic acids is 6. The van der Waals surface area contributed by atoms with Crippen LogP contribution in [0.5, 0.6) is 24.0 Å². The molecule has 4 aromatic heterocycles. The molecule has 0 bridgehead atoms. The molecule has 0 radical (unpaired) electrons. The number of imidazole rings is 4. The van der Waals surface area contributed by atoms with Crippen molar-refractivity contribution in [3.8, 4) is 68.5 Å². The zero-order chi connectivity index (χ0) is 97.4. The van der Waals surface area contributed by atoms with Gasteiger partial charge < -0.3 is 48.3 Å². The zero-order valence-corrected chi connectivity index (χ0v) is 79.0. The van der Waals surface area contributed by atoms with E-state index < -0.39 is 69.6 Å². The number of nitrogens with zero attached hydrogens (tertiary/aromatic N) is 10. The van der Waals surface area contributed by atoms with Crippen molar-refractivity contribution >= 4 is 77.0 Å². The highest BCUT2D eigenvalue weighted by Crippen LogP contribution is 2.36. The second-order valence-electron chi connectivity index (χ2n) is 33.6. The number of ether oxygens (including phenoxy) is 8. The Balaban J connectivity index is 0.000000199. The van der Waals surface area contributed by atoms with Crippen LogP contribution in [0.25, 0.3) is 56.7 Å². The minimum Gasteiger partial charge on any atom is -0.465 e. The van der Waals surface area contributed by atoms with Crippen LogP contribution in [0, 0.1) is 23.3 Å². The van der Waals surface area contributed by atoms with Gasteiger partial charge in [-0.2, -0.15) is 19.9 Å². The molecule has 0 aliphatic heterocycles. The van der Waals surface area contributed by atoms with Gasteiger partial charge in [0.2, 0.25) is 0 Å². The van der Waals surface area contributed by atoms with Crippen LogP contribution in [-0.4, -0.2) is 146 Å². The number of hydrogen-bond acceptors (Lipinski definition) is 22. The number of hydrogen-bond donors (Lipinski definition) is 2. The first-order valence-electron chi connectivity index (χ1n) is 42.7.